The Morgan fingerprint density at radius 2 is 2.09 bits per heavy atom. The van der Waals surface area contributed by atoms with Crippen LogP contribution in [0.15, 0.2) is 16.9 Å². The fourth-order valence-electron chi connectivity index (χ4n) is 2.38. The van der Waals surface area contributed by atoms with Crippen LogP contribution in [-0.2, 0) is 4.79 Å². The van der Waals surface area contributed by atoms with Crippen molar-refractivity contribution in [1.29, 1.82) is 0 Å². The summed E-state index contributed by atoms with van der Waals surface area (Å²) < 4.78 is 0. The Morgan fingerprint density at radius 1 is 1.36 bits per heavy atom. The number of aromatic nitrogens is 2. The van der Waals surface area contributed by atoms with Crippen molar-refractivity contribution in [3.63, 3.8) is 0 Å². The fourth-order valence-corrected chi connectivity index (χ4v) is 2.51. The third kappa shape index (κ3) is 4.56. The molecule has 0 spiro atoms. The van der Waals surface area contributed by atoms with Gasteiger partial charge in [0, 0.05) is 37.5 Å². The number of nitrogens with one attached hydrogen (secondary N) is 2. The van der Waals surface area contributed by atoms with E-state index in [1.54, 1.807) is 4.90 Å². The zero-order chi connectivity index (χ0) is 15.9. The Hall–Kier alpha value is -1.89. The van der Waals surface area contributed by atoms with Crippen LogP contribution in [0.2, 0.25) is 0 Å². The molecule has 2 amide bonds. The quantitative estimate of drug-likeness (QED) is 0.771. The van der Waals surface area contributed by atoms with Gasteiger partial charge in [0.05, 0.1) is 0 Å². The third-order valence-corrected chi connectivity index (χ3v) is 3.85. The lowest BCUT2D eigenvalue weighted by Gasteiger charge is -2.32. The van der Waals surface area contributed by atoms with Gasteiger partial charge < -0.3 is 10.2 Å². The van der Waals surface area contributed by atoms with E-state index in [0.29, 0.717) is 44.7 Å². The van der Waals surface area contributed by atoms with E-state index in [9.17, 15) is 14.4 Å². The number of nitrogens with zero attached hydrogens (tertiary/aromatic N) is 2. The Labute approximate surface area is 133 Å². The first-order valence-corrected chi connectivity index (χ1v) is 7.84. The molecular formula is C14H19ClN4O3. The predicted molar refractivity (Wildman–Crippen MR) is 81.9 cm³/mol. The number of halogens is 1. The van der Waals surface area contributed by atoms with Crippen molar-refractivity contribution in [2.24, 2.45) is 0 Å². The molecule has 2 heterocycles. The maximum atomic E-state index is 12.2. The molecule has 1 saturated heterocycles. The lowest BCUT2D eigenvalue weighted by Crippen LogP contribution is -2.46. The molecule has 7 nitrogen and oxygen atoms in total. The summed E-state index contributed by atoms with van der Waals surface area (Å²) in [6.07, 6.45) is 2.52. The van der Waals surface area contributed by atoms with Gasteiger partial charge in [-0.2, -0.15) is 5.10 Å². The number of rotatable bonds is 5. The van der Waals surface area contributed by atoms with Crippen molar-refractivity contribution in [2.45, 2.75) is 31.7 Å². The molecule has 0 aliphatic carbocycles. The summed E-state index contributed by atoms with van der Waals surface area (Å²) in [5, 5.41) is 8.96. The van der Waals surface area contributed by atoms with Gasteiger partial charge in [-0.3, -0.25) is 14.4 Å². The van der Waals surface area contributed by atoms with Gasteiger partial charge >= 0.3 is 0 Å². The highest BCUT2D eigenvalue weighted by Crippen LogP contribution is 2.13. The van der Waals surface area contributed by atoms with E-state index in [2.05, 4.69) is 15.5 Å². The van der Waals surface area contributed by atoms with Crippen LogP contribution < -0.4 is 10.9 Å². The minimum absolute atomic E-state index is 0.00716. The number of piperidine rings is 1. The standard InChI is InChI=1S/C14H19ClN4O3/c15-7-1-2-12(20)16-10-5-8-19(9-6-10)14(22)11-3-4-13(21)18-17-11/h3-4,10H,1-2,5-9H2,(H,16,20)(H,18,21). The van der Waals surface area contributed by atoms with Crippen LogP contribution in [0.5, 0.6) is 0 Å². The Bertz CT molecular complexity index is 561. The second-order valence-electron chi connectivity index (χ2n) is 5.23. The number of H-pyrrole nitrogens is 1. The summed E-state index contributed by atoms with van der Waals surface area (Å²) in [7, 11) is 0. The first kappa shape index (κ1) is 16.5. The molecule has 1 aliphatic rings. The van der Waals surface area contributed by atoms with Crippen molar-refractivity contribution in [2.75, 3.05) is 19.0 Å². The van der Waals surface area contributed by atoms with Crippen LogP contribution in [0.4, 0.5) is 0 Å². The highest BCUT2D eigenvalue weighted by Gasteiger charge is 2.25. The van der Waals surface area contributed by atoms with Crippen LogP contribution in [-0.4, -0.2) is 51.9 Å². The highest BCUT2D eigenvalue weighted by atomic mass is 35.5. The molecule has 1 fully saturated rings. The average Bonchev–Trinajstić information content (AvgIpc) is 2.54. The van der Waals surface area contributed by atoms with Gasteiger partial charge in [-0.1, -0.05) is 0 Å². The van der Waals surface area contributed by atoms with Crippen LogP contribution in [0.3, 0.4) is 0 Å². The monoisotopic (exact) mass is 326 g/mol. The summed E-state index contributed by atoms with van der Waals surface area (Å²) in [5.41, 5.74) is -0.112. The van der Waals surface area contributed by atoms with Crippen LogP contribution in [0.25, 0.3) is 0 Å². The largest absolute Gasteiger partial charge is 0.353 e. The molecule has 2 N–H and O–H groups in total. The minimum Gasteiger partial charge on any atom is -0.353 e. The summed E-state index contributed by atoms with van der Waals surface area (Å²) in [6, 6.07) is 2.79. The fraction of sp³-hybridized carbons (Fsp3) is 0.571. The zero-order valence-electron chi connectivity index (χ0n) is 12.2. The average molecular weight is 327 g/mol. The van der Waals surface area contributed by atoms with Crippen molar-refractivity contribution in [3.05, 3.63) is 28.2 Å². The summed E-state index contributed by atoms with van der Waals surface area (Å²) >= 11 is 5.56. The second-order valence-corrected chi connectivity index (χ2v) is 5.61. The van der Waals surface area contributed by atoms with Gasteiger partial charge in [0.1, 0.15) is 5.69 Å². The molecule has 2 rings (SSSR count). The van der Waals surface area contributed by atoms with E-state index in [0.717, 1.165) is 0 Å². The van der Waals surface area contributed by atoms with E-state index in [1.165, 1.54) is 12.1 Å². The van der Waals surface area contributed by atoms with E-state index in [4.69, 9.17) is 11.6 Å². The lowest BCUT2D eigenvalue weighted by atomic mass is 10.0. The molecule has 1 aliphatic heterocycles. The zero-order valence-corrected chi connectivity index (χ0v) is 12.9. The second kappa shape index (κ2) is 7.93. The van der Waals surface area contributed by atoms with Gasteiger partial charge in [0.25, 0.3) is 11.5 Å². The molecule has 120 valence electrons. The molecular weight excluding hydrogens is 308 g/mol. The first-order chi connectivity index (χ1) is 10.6. The number of carbonyl (C=O) groups is 2. The maximum Gasteiger partial charge on any atom is 0.274 e. The number of carbonyl (C=O) groups excluding carboxylic acids is 2. The minimum atomic E-state index is -0.338. The summed E-state index contributed by atoms with van der Waals surface area (Å²) in [6.45, 7) is 1.11. The van der Waals surface area contributed by atoms with Crippen molar-refractivity contribution in [1.82, 2.24) is 20.4 Å². The molecule has 0 radical (unpaired) electrons. The van der Waals surface area contributed by atoms with Gasteiger partial charge in [-0.15, -0.1) is 11.6 Å². The van der Waals surface area contributed by atoms with Gasteiger partial charge in [-0.05, 0) is 25.3 Å². The van der Waals surface area contributed by atoms with Crippen LogP contribution in [0.1, 0.15) is 36.2 Å². The summed E-state index contributed by atoms with van der Waals surface area (Å²) in [5.74, 6) is 0.280. The summed E-state index contributed by atoms with van der Waals surface area (Å²) in [4.78, 5) is 36.5. The Balaban J connectivity index is 1.81. The number of hydrogen-bond acceptors (Lipinski definition) is 4. The van der Waals surface area contributed by atoms with Gasteiger partial charge in [0.2, 0.25) is 5.91 Å². The predicted octanol–water partition coefficient (Wildman–Crippen LogP) is 0.510. The van der Waals surface area contributed by atoms with Crippen LogP contribution in [0, 0.1) is 0 Å². The maximum absolute atomic E-state index is 12.2. The topological polar surface area (TPSA) is 95.2 Å². The van der Waals surface area contributed by atoms with Gasteiger partial charge in [-0.25, -0.2) is 5.10 Å². The van der Waals surface area contributed by atoms with E-state index >= 15 is 0 Å². The number of hydrogen-bond donors (Lipinski definition) is 2. The SMILES string of the molecule is O=C(CCCCl)NC1CCN(C(=O)c2ccc(=O)[nH]n2)CC1. The molecule has 22 heavy (non-hydrogen) atoms. The van der Waals surface area contributed by atoms with E-state index < -0.39 is 0 Å². The molecule has 1 aromatic rings. The molecule has 0 atom stereocenters. The highest BCUT2D eigenvalue weighted by molar-refractivity contribution is 6.17. The number of amides is 2. The molecule has 8 heteroatoms. The third-order valence-electron chi connectivity index (χ3n) is 3.58. The first-order valence-electron chi connectivity index (χ1n) is 7.30. The molecule has 0 bridgehead atoms. The number of aromatic amines is 1. The van der Waals surface area contributed by atoms with E-state index in [1.807, 2.05) is 0 Å². The Morgan fingerprint density at radius 3 is 2.68 bits per heavy atom. The molecule has 0 aromatic carbocycles. The lowest BCUT2D eigenvalue weighted by molar-refractivity contribution is -0.122. The normalized spacial score (nSPS) is 15.6. The number of likely N-dealkylation sites (tertiary alicyclic amines) is 1. The number of alkyl halides is 1. The smallest absolute Gasteiger partial charge is 0.274 e. The van der Waals surface area contributed by atoms with Crippen molar-refractivity contribution >= 4 is 23.4 Å². The molecule has 1 aromatic heterocycles. The molecule has 0 saturated carbocycles. The van der Waals surface area contributed by atoms with Crippen LogP contribution >= 0.6 is 11.6 Å². The van der Waals surface area contributed by atoms with Gasteiger partial charge in [0.15, 0.2) is 0 Å². The molecule has 0 unspecified atom stereocenters. The van der Waals surface area contributed by atoms with Crippen molar-refractivity contribution < 1.29 is 9.59 Å². The van der Waals surface area contributed by atoms with Crippen molar-refractivity contribution in [3.8, 4) is 0 Å². The Kier molecular flexibility index (Phi) is 5.94. The van der Waals surface area contributed by atoms with E-state index in [-0.39, 0.29) is 29.1 Å².